The van der Waals surface area contributed by atoms with Crippen LogP contribution in [-0.4, -0.2) is 17.0 Å². The van der Waals surface area contributed by atoms with Crippen molar-refractivity contribution in [3.8, 4) is 0 Å². The van der Waals surface area contributed by atoms with Crippen LogP contribution in [0.4, 0.5) is 8.78 Å². The summed E-state index contributed by atoms with van der Waals surface area (Å²) < 4.78 is 28.4. The number of alkyl halides is 2. The Balaban J connectivity index is 2.48. The van der Waals surface area contributed by atoms with E-state index in [9.17, 15) is 8.78 Å². The van der Waals surface area contributed by atoms with Gasteiger partial charge >= 0.3 is 0 Å². The summed E-state index contributed by atoms with van der Waals surface area (Å²) in [6.45, 7) is -0.617. The van der Waals surface area contributed by atoms with Gasteiger partial charge in [0.2, 0.25) is 0 Å². The lowest BCUT2D eigenvalue weighted by Crippen LogP contribution is -2.30. The highest BCUT2D eigenvalue weighted by Crippen LogP contribution is 2.25. The molecule has 0 radical (unpaired) electrons. The van der Waals surface area contributed by atoms with Gasteiger partial charge in [-0.2, -0.15) is 0 Å². The molecule has 2 aromatic rings. The van der Waals surface area contributed by atoms with Gasteiger partial charge in [-0.15, -0.1) is 0 Å². The van der Waals surface area contributed by atoms with Gasteiger partial charge in [0.1, 0.15) is 0 Å². The van der Waals surface area contributed by atoms with Gasteiger partial charge < -0.3 is 10.3 Å². The molecule has 86 valence electrons. The van der Waals surface area contributed by atoms with Crippen LogP contribution in [0.5, 0.6) is 0 Å². The van der Waals surface area contributed by atoms with E-state index in [1.165, 1.54) is 0 Å². The molecule has 1 aromatic heterocycles. The van der Waals surface area contributed by atoms with E-state index in [-0.39, 0.29) is 6.42 Å². The molecule has 1 aromatic carbocycles. The molecule has 0 fully saturated rings. The number of aryl methyl sites for hydroxylation is 1. The van der Waals surface area contributed by atoms with Gasteiger partial charge in [-0.05, 0) is 17.0 Å². The lowest BCUT2D eigenvalue weighted by molar-refractivity contribution is 0.0117. The first-order valence-corrected chi connectivity index (χ1v) is 5.14. The number of nitrogens with two attached hydrogens (primary N) is 1. The molecule has 0 aliphatic heterocycles. The van der Waals surface area contributed by atoms with Crippen LogP contribution >= 0.6 is 0 Å². The zero-order chi connectivity index (χ0) is 11.8. The fourth-order valence-electron chi connectivity index (χ4n) is 1.94. The highest BCUT2D eigenvalue weighted by atomic mass is 19.3. The van der Waals surface area contributed by atoms with Gasteiger partial charge in [0.15, 0.2) is 0 Å². The second-order valence-electron chi connectivity index (χ2n) is 4.02. The van der Waals surface area contributed by atoms with Crippen LogP contribution in [0.25, 0.3) is 10.9 Å². The number of hydrogen-bond acceptors (Lipinski definition) is 1. The standard InChI is InChI=1S/C12H14F2N2/c1-16-6-5-9-3-2-4-10(11(9)16)7-12(13,14)8-15/h2-6H,7-8,15H2,1H3. The van der Waals surface area contributed by atoms with E-state index in [0.717, 1.165) is 10.9 Å². The van der Waals surface area contributed by atoms with E-state index >= 15 is 0 Å². The third-order valence-corrected chi connectivity index (χ3v) is 2.73. The predicted octanol–water partition coefficient (Wildman–Crippen LogP) is 2.31. The van der Waals surface area contributed by atoms with Crippen molar-refractivity contribution in [1.29, 1.82) is 0 Å². The van der Waals surface area contributed by atoms with Crippen molar-refractivity contribution in [1.82, 2.24) is 4.57 Å². The Morgan fingerprint density at radius 3 is 2.75 bits per heavy atom. The number of halogens is 2. The molecule has 0 saturated heterocycles. The van der Waals surface area contributed by atoms with E-state index in [2.05, 4.69) is 0 Å². The minimum absolute atomic E-state index is 0.307. The van der Waals surface area contributed by atoms with Gasteiger partial charge in [-0.25, -0.2) is 8.78 Å². The monoisotopic (exact) mass is 224 g/mol. The first-order chi connectivity index (χ1) is 7.53. The molecule has 0 atom stereocenters. The van der Waals surface area contributed by atoms with Crippen LogP contribution < -0.4 is 5.73 Å². The number of fused-ring (bicyclic) bond motifs is 1. The average Bonchev–Trinajstić information content (AvgIpc) is 2.61. The summed E-state index contributed by atoms with van der Waals surface area (Å²) in [4.78, 5) is 0. The van der Waals surface area contributed by atoms with Crippen LogP contribution in [0.15, 0.2) is 30.5 Å². The lowest BCUT2D eigenvalue weighted by Gasteiger charge is -2.15. The van der Waals surface area contributed by atoms with Crippen LogP contribution in [0, 0.1) is 0 Å². The Bertz CT molecular complexity index is 503. The molecule has 16 heavy (non-hydrogen) atoms. The topological polar surface area (TPSA) is 30.9 Å². The molecule has 0 aliphatic rings. The number of aromatic nitrogens is 1. The summed E-state index contributed by atoms with van der Waals surface area (Å²) in [7, 11) is 1.85. The molecule has 4 heteroatoms. The molecule has 0 spiro atoms. The quantitative estimate of drug-likeness (QED) is 0.852. The normalized spacial score (nSPS) is 12.2. The van der Waals surface area contributed by atoms with Gasteiger partial charge in [-0.3, -0.25) is 0 Å². The van der Waals surface area contributed by atoms with E-state index in [0.29, 0.717) is 5.56 Å². The number of benzene rings is 1. The molecule has 0 saturated carbocycles. The Morgan fingerprint density at radius 2 is 2.06 bits per heavy atom. The summed E-state index contributed by atoms with van der Waals surface area (Å²) >= 11 is 0. The molecular weight excluding hydrogens is 210 g/mol. The first kappa shape index (κ1) is 11.1. The highest BCUT2D eigenvalue weighted by molar-refractivity contribution is 5.83. The van der Waals surface area contributed by atoms with Gasteiger partial charge in [0.25, 0.3) is 5.92 Å². The second kappa shape index (κ2) is 3.87. The Hall–Kier alpha value is -1.42. The minimum atomic E-state index is -2.83. The molecular formula is C12H14F2N2. The van der Waals surface area contributed by atoms with Crippen molar-refractivity contribution in [3.63, 3.8) is 0 Å². The number of hydrogen-bond donors (Lipinski definition) is 1. The maximum atomic E-state index is 13.3. The van der Waals surface area contributed by atoms with Crippen molar-refractivity contribution in [2.45, 2.75) is 12.3 Å². The Morgan fingerprint density at radius 1 is 1.31 bits per heavy atom. The lowest BCUT2D eigenvalue weighted by atomic mass is 10.0. The second-order valence-corrected chi connectivity index (χ2v) is 4.02. The van der Waals surface area contributed by atoms with Crippen LogP contribution in [0.2, 0.25) is 0 Å². The minimum Gasteiger partial charge on any atom is -0.350 e. The summed E-state index contributed by atoms with van der Waals surface area (Å²) in [5, 5.41) is 0.979. The van der Waals surface area contributed by atoms with Crippen molar-refractivity contribution in [2.24, 2.45) is 12.8 Å². The maximum Gasteiger partial charge on any atom is 0.264 e. The Labute approximate surface area is 92.7 Å². The predicted molar refractivity (Wildman–Crippen MR) is 60.6 cm³/mol. The van der Waals surface area contributed by atoms with Crippen molar-refractivity contribution < 1.29 is 8.78 Å². The fraction of sp³-hybridized carbons (Fsp3) is 0.333. The van der Waals surface area contributed by atoms with Gasteiger partial charge in [0.05, 0.1) is 12.1 Å². The summed E-state index contributed by atoms with van der Waals surface area (Å²) in [6.07, 6.45) is 1.56. The Kier molecular flexibility index (Phi) is 2.68. The van der Waals surface area contributed by atoms with Crippen molar-refractivity contribution in [3.05, 3.63) is 36.0 Å². The molecule has 0 unspecified atom stereocenters. The molecule has 0 aliphatic carbocycles. The number of rotatable bonds is 3. The van der Waals surface area contributed by atoms with Crippen molar-refractivity contribution in [2.75, 3.05) is 6.54 Å². The van der Waals surface area contributed by atoms with E-state index in [1.807, 2.05) is 29.9 Å². The molecule has 0 amide bonds. The van der Waals surface area contributed by atoms with Crippen LogP contribution in [0.3, 0.4) is 0 Å². The molecule has 1 heterocycles. The smallest absolute Gasteiger partial charge is 0.264 e. The van der Waals surface area contributed by atoms with Crippen LogP contribution in [-0.2, 0) is 13.5 Å². The summed E-state index contributed by atoms with van der Waals surface area (Å²) in [6, 6.07) is 7.36. The third-order valence-electron chi connectivity index (χ3n) is 2.73. The zero-order valence-corrected chi connectivity index (χ0v) is 9.08. The number of para-hydroxylation sites is 1. The molecule has 2 nitrogen and oxygen atoms in total. The maximum absolute atomic E-state index is 13.3. The molecule has 2 N–H and O–H groups in total. The SMILES string of the molecule is Cn1ccc2cccc(CC(F)(F)CN)c21. The van der Waals surface area contributed by atoms with E-state index < -0.39 is 12.5 Å². The summed E-state index contributed by atoms with van der Waals surface area (Å²) in [5.74, 6) is -2.83. The molecule has 2 rings (SSSR count). The number of nitrogens with zero attached hydrogens (tertiary/aromatic N) is 1. The van der Waals surface area contributed by atoms with Crippen LogP contribution in [0.1, 0.15) is 5.56 Å². The molecule has 0 bridgehead atoms. The third kappa shape index (κ3) is 1.93. The van der Waals surface area contributed by atoms with E-state index in [4.69, 9.17) is 5.73 Å². The average molecular weight is 224 g/mol. The summed E-state index contributed by atoms with van der Waals surface area (Å²) in [5.41, 5.74) is 6.55. The van der Waals surface area contributed by atoms with E-state index in [1.54, 1.807) is 12.1 Å². The largest absolute Gasteiger partial charge is 0.350 e. The first-order valence-electron chi connectivity index (χ1n) is 5.14. The zero-order valence-electron chi connectivity index (χ0n) is 9.08. The highest BCUT2D eigenvalue weighted by Gasteiger charge is 2.28. The van der Waals surface area contributed by atoms with Gasteiger partial charge in [0, 0.05) is 19.7 Å². The van der Waals surface area contributed by atoms with Gasteiger partial charge in [-0.1, -0.05) is 18.2 Å². The fourth-order valence-corrected chi connectivity index (χ4v) is 1.94. The van der Waals surface area contributed by atoms with Crippen molar-refractivity contribution >= 4 is 10.9 Å².